The van der Waals surface area contributed by atoms with Gasteiger partial charge in [-0.1, -0.05) is 19.3 Å². The highest BCUT2D eigenvalue weighted by atomic mass is 19.1. The molecule has 0 bridgehead atoms. The van der Waals surface area contributed by atoms with Crippen molar-refractivity contribution in [3.63, 3.8) is 0 Å². The van der Waals surface area contributed by atoms with Crippen LogP contribution in [0.4, 0.5) is 14.9 Å². The topological polar surface area (TPSA) is 70.2 Å². The monoisotopic (exact) mass is 335 g/mol. The molecule has 0 saturated heterocycles. The summed E-state index contributed by atoms with van der Waals surface area (Å²) in [5.41, 5.74) is 1.30. The predicted octanol–water partition coefficient (Wildman–Crippen LogP) is 3.48. The Morgan fingerprint density at radius 2 is 1.96 bits per heavy atom. The lowest BCUT2D eigenvalue weighted by molar-refractivity contribution is -0.116. The van der Waals surface area contributed by atoms with Crippen molar-refractivity contribution in [1.82, 2.24) is 10.6 Å². The first-order valence-corrected chi connectivity index (χ1v) is 8.65. The van der Waals surface area contributed by atoms with Crippen LogP contribution < -0.4 is 16.0 Å². The Balaban J connectivity index is 1.61. The Labute approximate surface area is 142 Å². The van der Waals surface area contributed by atoms with E-state index in [2.05, 4.69) is 16.0 Å². The molecule has 1 aliphatic carbocycles. The molecule has 5 nitrogen and oxygen atoms in total. The molecular formula is C18H26FN3O2. The molecule has 1 saturated carbocycles. The van der Waals surface area contributed by atoms with E-state index in [0.29, 0.717) is 30.6 Å². The molecule has 3 amide bonds. The van der Waals surface area contributed by atoms with E-state index in [1.807, 2.05) is 0 Å². The maximum atomic E-state index is 13.0. The Morgan fingerprint density at radius 1 is 1.21 bits per heavy atom. The molecule has 0 spiro atoms. The summed E-state index contributed by atoms with van der Waals surface area (Å²) in [5.74, 6) is -0.460. The molecular weight excluding hydrogens is 309 g/mol. The molecule has 1 aromatic rings. The van der Waals surface area contributed by atoms with Gasteiger partial charge in [-0.2, -0.15) is 0 Å². The van der Waals surface area contributed by atoms with Crippen molar-refractivity contribution in [1.29, 1.82) is 0 Å². The van der Waals surface area contributed by atoms with E-state index in [1.165, 1.54) is 31.4 Å². The van der Waals surface area contributed by atoms with Crippen molar-refractivity contribution in [2.75, 3.05) is 11.9 Å². The third-order valence-electron chi connectivity index (χ3n) is 4.27. The number of hydrogen-bond donors (Lipinski definition) is 3. The summed E-state index contributed by atoms with van der Waals surface area (Å²) in [6.45, 7) is 2.20. The number of benzene rings is 1. The minimum atomic E-state index is -0.321. The molecule has 0 aromatic heterocycles. The van der Waals surface area contributed by atoms with E-state index in [-0.39, 0.29) is 23.8 Å². The van der Waals surface area contributed by atoms with Gasteiger partial charge in [0.15, 0.2) is 0 Å². The van der Waals surface area contributed by atoms with E-state index in [9.17, 15) is 14.0 Å². The molecule has 2 rings (SSSR count). The van der Waals surface area contributed by atoms with Crippen molar-refractivity contribution in [2.45, 2.75) is 57.9 Å². The summed E-state index contributed by atoms with van der Waals surface area (Å²) in [7, 11) is 0. The number of aryl methyl sites for hydroxylation is 1. The predicted molar refractivity (Wildman–Crippen MR) is 92.4 cm³/mol. The average Bonchev–Trinajstić information content (AvgIpc) is 2.55. The number of nitrogens with one attached hydrogen (secondary N) is 3. The number of hydrogen-bond acceptors (Lipinski definition) is 2. The largest absolute Gasteiger partial charge is 0.338 e. The fourth-order valence-electron chi connectivity index (χ4n) is 2.91. The first-order valence-electron chi connectivity index (χ1n) is 8.65. The molecule has 0 radical (unpaired) electrons. The van der Waals surface area contributed by atoms with Gasteiger partial charge in [0.25, 0.3) is 0 Å². The van der Waals surface area contributed by atoms with E-state index in [1.54, 1.807) is 13.0 Å². The van der Waals surface area contributed by atoms with Crippen LogP contribution in [0.25, 0.3) is 0 Å². The summed E-state index contributed by atoms with van der Waals surface area (Å²) in [4.78, 5) is 23.6. The Bertz CT molecular complexity index is 571. The zero-order valence-electron chi connectivity index (χ0n) is 14.2. The molecule has 0 unspecified atom stereocenters. The second-order valence-electron chi connectivity index (χ2n) is 6.35. The van der Waals surface area contributed by atoms with Gasteiger partial charge in [0.1, 0.15) is 5.82 Å². The maximum absolute atomic E-state index is 13.0. The molecule has 132 valence electrons. The molecule has 1 aliphatic rings. The molecule has 24 heavy (non-hydrogen) atoms. The first-order chi connectivity index (χ1) is 11.5. The molecule has 1 aromatic carbocycles. The highest BCUT2D eigenvalue weighted by Crippen LogP contribution is 2.17. The fourth-order valence-corrected chi connectivity index (χ4v) is 2.91. The van der Waals surface area contributed by atoms with Gasteiger partial charge >= 0.3 is 6.03 Å². The smallest absolute Gasteiger partial charge is 0.315 e. The number of urea groups is 1. The van der Waals surface area contributed by atoms with E-state index < -0.39 is 0 Å². The first kappa shape index (κ1) is 18.2. The zero-order valence-corrected chi connectivity index (χ0v) is 14.2. The standard InChI is InChI=1S/C18H26FN3O2/c1-13-12-14(19)9-10-16(13)22-17(23)8-5-11-20-18(24)21-15-6-3-2-4-7-15/h9-10,12,15H,2-8,11H2,1H3,(H,22,23)(H2,20,21,24). The lowest BCUT2D eigenvalue weighted by atomic mass is 9.96. The van der Waals surface area contributed by atoms with Crippen LogP contribution in [0.1, 0.15) is 50.5 Å². The lowest BCUT2D eigenvalue weighted by Crippen LogP contribution is -2.43. The van der Waals surface area contributed by atoms with Crippen molar-refractivity contribution in [3.05, 3.63) is 29.6 Å². The van der Waals surface area contributed by atoms with Gasteiger partial charge in [-0.3, -0.25) is 4.79 Å². The minimum Gasteiger partial charge on any atom is -0.338 e. The van der Waals surface area contributed by atoms with Crippen molar-refractivity contribution >= 4 is 17.6 Å². The molecule has 0 aliphatic heterocycles. The van der Waals surface area contributed by atoms with Crippen molar-refractivity contribution in [3.8, 4) is 0 Å². The SMILES string of the molecule is Cc1cc(F)ccc1NC(=O)CCCNC(=O)NC1CCCCC1. The third kappa shape index (κ3) is 6.18. The van der Waals surface area contributed by atoms with Gasteiger partial charge in [-0.25, -0.2) is 9.18 Å². The number of rotatable bonds is 6. The van der Waals surface area contributed by atoms with Crippen LogP contribution in [0.2, 0.25) is 0 Å². The highest BCUT2D eigenvalue weighted by molar-refractivity contribution is 5.91. The minimum absolute atomic E-state index is 0.140. The fraction of sp³-hybridized carbons (Fsp3) is 0.556. The molecule has 0 heterocycles. The second kappa shape index (κ2) is 9.25. The summed E-state index contributed by atoms with van der Waals surface area (Å²) >= 11 is 0. The number of anilines is 1. The maximum Gasteiger partial charge on any atom is 0.315 e. The van der Waals surface area contributed by atoms with Gasteiger partial charge in [-0.15, -0.1) is 0 Å². The van der Waals surface area contributed by atoms with Crippen LogP contribution in [-0.2, 0) is 4.79 Å². The number of amides is 3. The zero-order chi connectivity index (χ0) is 17.4. The van der Waals surface area contributed by atoms with Gasteiger partial charge in [0.05, 0.1) is 0 Å². The van der Waals surface area contributed by atoms with Crippen LogP contribution in [0.15, 0.2) is 18.2 Å². The Morgan fingerprint density at radius 3 is 2.67 bits per heavy atom. The second-order valence-corrected chi connectivity index (χ2v) is 6.35. The van der Waals surface area contributed by atoms with Crippen LogP contribution in [0, 0.1) is 12.7 Å². The van der Waals surface area contributed by atoms with Crippen LogP contribution in [-0.4, -0.2) is 24.5 Å². The Kier molecular flexibility index (Phi) is 7.03. The number of halogens is 1. The van der Waals surface area contributed by atoms with Gasteiger partial charge in [0.2, 0.25) is 5.91 Å². The van der Waals surface area contributed by atoms with Crippen molar-refractivity contribution < 1.29 is 14.0 Å². The molecule has 6 heteroatoms. The summed E-state index contributed by atoms with van der Waals surface area (Å²) in [6, 6.07) is 4.38. The number of carbonyl (C=O) groups is 2. The highest BCUT2D eigenvalue weighted by Gasteiger charge is 2.15. The molecule has 1 fully saturated rings. The Hall–Kier alpha value is -2.11. The third-order valence-corrected chi connectivity index (χ3v) is 4.27. The van der Waals surface area contributed by atoms with Crippen LogP contribution in [0.3, 0.4) is 0 Å². The van der Waals surface area contributed by atoms with Gasteiger partial charge < -0.3 is 16.0 Å². The summed E-state index contributed by atoms with van der Waals surface area (Å²) in [5, 5.41) is 8.52. The summed E-state index contributed by atoms with van der Waals surface area (Å²) < 4.78 is 13.0. The van der Waals surface area contributed by atoms with E-state index >= 15 is 0 Å². The van der Waals surface area contributed by atoms with Crippen LogP contribution >= 0.6 is 0 Å². The van der Waals surface area contributed by atoms with E-state index in [4.69, 9.17) is 0 Å². The summed E-state index contributed by atoms with van der Waals surface area (Å²) in [6.07, 6.45) is 6.56. The van der Waals surface area contributed by atoms with Gasteiger partial charge in [-0.05, 0) is 49.9 Å². The number of carbonyl (C=O) groups excluding carboxylic acids is 2. The average molecular weight is 335 g/mol. The van der Waals surface area contributed by atoms with Crippen molar-refractivity contribution in [2.24, 2.45) is 0 Å². The molecule has 0 atom stereocenters. The lowest BCUT2D eigenvalue weighted by Gasteiger charge is -2.22. The van der Waals surface area contributed by atoms with E-state index in [0.717, 1.165) is 12.8 Å². The van der Waals surface area contributed by atoms with Gasteiger partial charge in [0, 0.05) is 24.7 Å². The van der Waals surface area contributed by atoms with Crippen LogP contribution in [0.5, 0.6) is 0 Å². The normalized spacial score (nSPS) is 14.9. The molecule has 3 N–H and O–H groups in total. The quantitative estimate of drug-likeness (QED) is 0.697.